The van der Waals surface area contributed by atoms with Crippen LogP contribution in [0.3, 0.4) is 0 Å². The highest BCUT2D eigenvalue weighted by atomic mass is 16.7. The molecule has 9 nitrogen and oxygen atoms in total. The average molecular weight is 478 g/mol. The Balaban J connectivity index is 1.62. The van der Waals surface area contributed by atoms with Crippen molar-refractivity contribution in [1.82, 2.24) is 10.3 Å². The van der Waals surface area contributed by atoms with Crippen molar-refractivity contribution < 1.29 is 23.3 Å². The Hall–Kier alpha value is -3.63. The first kappa shape index (κ1) is 24.5. The van der Waals surface area contributed by atoms with E-state index in [-0.39, 0.29) is 18.5 Å². The third-order valence-electron chi connectivity index (χ3n) is 6.27. The van der Waals surface area contributed by atoms with Gasteiger partial charge in [0.2, 0.25) is 0 Å². The second kappa shape index (κ2) is 9.55. The summed E-state index contributed by atoms with van der Waals surface area (Å²) < 4.78 is 22.4. The topological polar surface area (TPSA) is 120 Å². The fourth-order valence-electron chi connectivity index (χ4n) is 3.64. The first-order chi connectivity index (χ1) is 16.6. The molecule has 4 rings (SSSR count). The molecule has 2 N–H and O–H groups in total. The van der Waals surface area contributed by atoms with Crippen molar-refractivity contribution in [2.75, 3.05) is 6.54 Å². The van der Waals surface area contributed by atoms with Crippen LogP contribution in [0.5, 0.6) is 0 Å². The van der Waals surface area contributed by atoms with E-state index in [1.54, 1.807) is 24.3 Å². The fourth-order valence-corrected chi connectivity index (χ4v) is 3.64. The van der Waals surface area contributed by atoms with Gasteiger partial charge in [-0.3, -0.25) is 4.98 Å². The molecule has 1 aliphatic heterocycles. The van der Waals surface area contributed by atoms with Crippen molar-refractivity contribution >= 4 is 30.2 Å². The highest BCUT2D eigenvalue weighted by molar-refractivity contribution is 6.56. The normalized spacial score (nSPS) is 16.9. The zero-order chi connectivity index (χ0) is 25.2. The second-order valence-corrected chi connectivity index (χ2v) is 9.29. The number of rotatable bonds is 6. The van der Waals surface area contributed by atoms with E-state index < -0.39 is 35.8 Å². The van der Waals surface area contributed by atoms with Crippen LogP contribution in [0.15, 0.2) is 68.0 Å². The monoisotopic (exact) mass is 478 g/mol. The van der Waals surface area contributed by atoms with E-state index in [0.717, 1.165) is 5.56 Å². The van der Waals surface area contributed by atoms with Gasteiger partial charge in [0.25, 0.3) is 0 Å². The number of carbonyl (C=O) groups excluding carboxylic acids is 1. The number of amides is 1. The largest absolute Gasteiger partial charge is 0.492 e. The molecule has 182 valence electrons. The third-order valence-corrected chi connectivity index (χ3v) is 6.27. The summed E-state index contributed by atoms with van der Waals surface area (Å²) in [6.07, 6.45) is 1.08. The summed E-state index contributed by atoms with van der Waals surface area (Å²) in [5.41, 5.74) is 0.236. The van der Waals surface area contributed by atoms with Gasteiger partial charge in [0, 0.05) is 6.54 Å². The van der Waals surface area contributed by atoms with Gasteiger partial charge >= 0.3 is 24.6 Å². The van der Waals surface area contributed by atoms with E-state index >= 15 is 0 Å². The van der Waals surface area contributed by atoms with Crippen LogP contribution < -0.4 is 16.7 Å². The lowest BCUT2D eigenvalue weighted by atomic mass is 9.76. The number of carbonyl (C=O) groups is 1. The van der Waals surface area contributed by atoms with Gasteiger partial charge in [-0.05, 0) is 50.4 Å². The summed E-state index contributed by atoms with van der Waals surface area (Å²) in [4.78, 5) is 39.0. The minimum Gasteiger partial charge on any atom is -0.445 e. The number of aromatic amines is 1. The van der Waals surface area contributed by atoms with Crippen molar-refractivity contribution in [2.24, 2.45) is 0 Å². The molecule has 0 radical (unpaired) electrons. The molecule has 0 unspecified atom stereocenters. The number of nitrogens with one attached hydrogen (secondary N) is 2. The molecule has 35 heavy (non-hydrogen) atoms. The van der Waals surface area contributed by atoms with Crippen molar-refractivity contribution in [3.63, 3.8) is 0 Å². The SMILES string of the molecule is CC1(C)OB(C(=Cc2cccc3[nH]c(=O)oc(=O)c23)CNC(=O)OCc2ccccc2)OC1(C)C. The standard InChI is InChI=1S/C25H27BN2O7/c1-24(2)25(3,4)35-26(34-24)18(14-27-22(30)32-15-16-9-6-5-7-10-16)13-17-11-8-12-19-20(17)21(29)33-23(31)28-19/h5-13H,14-15H2,1-4H3,(H,27,30)(H,28,31). The first-order valence-corrected chi connectivity index (χ1v) is 11.2. The van der Waals surface area contributed by atoms with Crippen molar-refractivity contribution in [1.29, 1.82) is 0 Å². The van der Waals surface area contributed by atoms with Gasteiger partial charge in [-0.1, -0.05) is 48.5 Å². The summed E-state index contributed by atoms with van der Waals surface area (Å²) in [5.74, 6) is -0.836. The van der Waals surface area contributed by atoms with Gasteiger partial charge in [0.1, 0.15) is 6.61 Å². The minimum atomic E-state index is -0.836. The molecule has 1 saturated heterocycles. The van der Waals surface area contributed by atoms with E-state index in [1.807, 2.05) is 58.0 Å². The third kappa shape index (κ3) is 5.39. The maximum atomic E-state index is 12.4. The van der Waals surface area contributed by atoms with Gasteiger partial charge in [0.15, 0.2) is 0 Å². The van der Waals surface area contributed by atoms with Crippen LogP contribution >= 0.6 is 0 Å². The van der Waals surface area contributed by atoms with Crippen LogP contribution in [-0.4, -0.2) is 35.9 Å². The van der Waals surface area contributed by atoms with Crippen LogP contribution in [0.25, 0.3) is 17.0 Å². The lowest BCUT2D eigenvalue weighted by Gasteiger charge is -2.32. The van der Waals surface area contributed by atoms with E-state index in [2.05, 4.69) is 10.3 Å². The molecule has 1 aliphatic rings. The Morgan fingerprint density at radius 3 is 2.40 bits per heavy atom. The minimum absolute atomic E-state index is 0.0372. The van der Waals surface area contributed by atoms with Crippen LogP contribution in [0.1, 0.15) is 38.8 Å². The Bertz CT molecular complexity index is 1360. The maximum Gasteiger partial charge on any atom is 0.492 e. The predicted octanol–water partition coefficient (Wildman–Crippen LogP) is 3.42. The quantitative estimate of drug-likeness (QED) is 0.521. The van der Waals surface area contributed by atoms with Crippen LogP contribution in [-0.2, 0) is 20.7 Å². The van der Waals surface area contributed by atoms with Crippen LogP contribution in [0.2, 0.25) is 0 Å². The number of aromatic nitrogens is 1. The Labute approximate surface area is 202 Å². The summed E-state index contributed by atoms with van der Waals surface area (Å²) in [7, 11) is -0.792. The molecule has 0 saturated carbocycles. The molecule has 2 aromatic carbocycles. The number of alkyl carbamates (subject to hydrolysis) is 1. The van der Waals surface area contributed by atoms with Crippen molar-refractivity contribution in [3.05, 3.63) is 86.1 Å². The number of hydrogen-bond acceptors (Lipinski definition) is 7. The van der Waals surface area contributed by atoms with Gasteiger partial charge in [-0.25, -0.2) is 14.4 Å². The molecular weight excluding hydrogens is 451 g/mol. The van der Waals surface area contributed by atoms with E-state index in [0.29, 0.717) is 16.6 Å². The molecular formula is C25H27BN2O7. The second-order valence-electron chi connectivity index (χ2n) is 9.29. The molecule has 2 heterocycles. The highest BCUT2D eigenvalue weighted by Gasteiger charge is 2.52. The number of benzene rings is 2. The zero-order valence-electron chi connectivity index (χ0n) is 20.0. The average Bonchev–Trinajstić information content (AvgIpc) is 3.02. The van der Waals surface area contributed by atoms with Gasteiger partial charge in [-0.15, -0.1) is 0 Å². The molecule has 0 bridgehead atoms. The lowest BCUT2D eigenvalue weighted by molar-refractivity contribution is 0.00578. The summed E-state index contributed by atoms with van der Waals surface area (Å²) >= 11 is 0. The molecule has 3 aromatic rings. The van der Waals surface area contributed by atoms with Gasteiger partial charge in [-0.2, -0.15) is 0 Å². The Kier molecular flexibility index (Phi) is 6.69. The number of hydrogen-bond donors (Lipinski definition) is 2. The zero-order valence-corrected chi connectivity index (χ0v) is 20.0. The molecule has 0 aliphatic carbocycles. The Morgan fingerprint density at radius 2 is 1.71 bits per heavy atom. The molecule has 0 spiro atoms. The predicted molar refractivity (Wildman–Crippen MR) is 132 cm³/mol. The number of fused-ring (bicyclic) bond motifs is 1. The summed E-state index contributed by atoms with van der Waals surface area (Å²) in [5, 5.41) is 2.93. The van der Waals surface area contributed by atoms with Crippen molar-refractivity contribution in [3.8, 4) is 0 Å². The highest BCUT2D eigenvalue weighted by Crippen LogP contribution is 2.38. The smallest absolute Gasteiger partial charge is 0.445 e. The van der Waals surface area contributed by atoms with E-state index in [4.69, 9.17) is 18.5 Å². The van der Waals surface area contributed by atoms with Gasteiger partial charge in [0.05, 0.1) is 22.1 Å². The summed E-state index contributed by atoms with van der Waals surface area (Å²) in [6, 6.07) is 14.4. The molecule has 1 amide bonds. The summed E-state index contributed by atoms with van der Waals surface area (Å²) in [6.45, 7) is 7.84. The van der Waals surface area contributed by atoms with E-state index in [9.17, 15) is 14.4 Å². The first-order valence-electron chi connectivity index (χ1n) is 11.2. The Morgan fingerprint density at radius 1 is 1.03 bits per heavy atom. The van der Waals surface area contributed by atoms with Gasteiger partial charge < -0.3 is 23.8 Å². The van der Waals surface area contributed by atoms with Crippen molar-refractivity contribution in [2.45, 2.75) is 45.5 Å². The molecule has 1 aromatic heterocycles. The fraction of sp³-hybridized carbons (Fsp3) is 0.320. The lowest BCUT2D eigenvalue weighted by Crippen LogP contribution is -2.41. The molecule has 1 fully saturated rings. The van der Waals surface area contributed by atoms with Crippen LogP contribution in [0.4, 0.5) is 4.79 Å². The van der Waals surface area contributed by atoms with E-state index in [1.165, 1.54) is 0 Å². The molecule has 0 atom stereocenters. The number of ether oxygens (including phenoxy) is 1. The molecule has 10 heteroatoms. The maximum absolute atomic E-state index is 12.4. The number of H-pyrrole nitrogens is 1. The van der Waals surface area contributed by atoms with Crippen LogP contribution in [0, 0.1) is 0 Å².